The van der Waals surface area contributed by atoms with Gasteiger partial charge in [0.05, 0.1) is 18.5 Å². The number of halogens is 4. The Morgan fingerprint density at radius 3 is 2.54 bits per heavy atom. The summed E-state index contributed by atoms with van der Waals surface area (Å²) in [6, 6.07) is 8.09. The lowest BCUT2D eigenvalue weighted by molar-refractivity contribution is -0.146. The van der Waals surface area contributed by atoms with E-state index in [1.165, 1.54) is 11.9 Å². The number of benzene rings is 1. The number of rotatable bonds is 5. The molecule has 0 bridgehead atoms. The van der Waals surface area contributed by atoms with Gasteiger partial charge in [-0.05, 0) is 12.0 Å². The van der Waals surface area contributed by atoms with E-state index < -0.39 is 36.8 Å². The van der Waals surface area contributed by atoms with E-state index in [4.69, 9.17) is 0 Å². The van der Waals surface area contributed by atoms with Gasteiger partial charge < -0.3 is 10.2 Å². The van der Waals surface area contributed by atoms with Crippen LogP contribution in [0, 0.1) is 5.92 Å². The van der Waals surface area contributed by atoms with Crippen molar-refractivity contribution in [3.8, 4) is 0 Å². The molecule has 1 aromatic rings. The lowest BCUT2D eigenvalue weighted by atomic mass is 9.84. The third-order valence-corrected chi connectivity index (χ3v) is 4.16. The first-order chi connectivity index (χ1) is 11.2. The van der Waals surface area contributed by atoms with E-state index in [1.54, 1.807) is 30.3 Å². The third kappa shape index (κ3) is 3.85. The first-order valence-electron chi connectivity index (χ1n) is 7.48. The molecule has 2 rings (SSSR count). The monoisotopic (exact) mass is 346 g/mol. The fourth-order valence-electron chi connectivity index (χ4n) is 2.83. The molecule has 24 heavy (non-hydrogen) atoms. The number of nitrogens with one attached hydrogen (secondary N) is 1. The summed E-state index contributed by atoms with van der Waals surface area (Å²) in [6.45, 7) is -1.43. The van der Waals surface area contributed by atoms with Crippen LogP contribution in [0.5, 0.6) is 0 Å². The maximum atomic E-state index is 13.0. The summed E-state index contributed by atoms with van der Waals surface area (Å²) in [5.74, 6) is -5.98. The summed E-state index contributed by atoms with van der Waals surface area (Å²) in [5, 5.41) is 1.90. The molecule has 1 fully saturated rings. The summed E-state index contributed by atoms with van der Waals surface area (Å²) in [4.78, 5) is 25.6. The minimum Gasteiger partial charge on any atom is -0.349 e. The minimum absolute atomic E-state index is 0.100. The predicted octanol–water partition coefficient (Wildman–Crippen LogP) is 2.61. The van der Waals surface area contributed by atoms with Crippen LogP contribution in [-0.2, 0) is 9.59 Å². The van der Waals surface area contributed by atoms with Crippen LogP contribution in [0.25, 0.3) is 0 Å². The zero-order valence-corrected chi connectivity index (χ0v) is 13.0. The highest BCUT2D eigenvalue weighted by Crippen LogP contribution is 2.36. The van der Waals surface area contributed by atoms with Gasteiger partial charge in [0.25, 0.3) is 0 Å². The molecular formula is C16H18F4N2O2. The van der Waals surface area contributed by atoms with Gasteiger partial charge >= 0.3 is 12.3 Å². The molecule has 0 radical (unpaired) electrons. The molecule has 0 spiro atoms. The topological polar surface area (TPSA) is 49.4 Å². The lowest BCUT2D eigenvalue weighted by Gasteiger charge is -2.38. The van der Waals surface area contributed by atoms with E-state index in [-0.39, 0.29) is 18.7 Å². The van der Waals surface area contributed by atoms with E-state index >= 15 is 0 Å². The number of carbonyl (C=O) groups is 2. The number of alkyl halides is 4. The molecule has 0 aromatic heterocycles. The van der Waals surface area contributed by atoms with Gasteiger partial charge in [-0.1, -0.05) is 30.3 Å². The summed E-state index contributed by atoms with van der Waals surface area (Å²) >= 11 is 0. The maximum Gasteiger partial charge on any atom is 0.324 e. The molecule has 1 N–H and O–H groups in total. The number of hydrogen-bond donors (Lipinski definition) is 1. The Hall–Kier alpha value is -2.12. The zero-order chi connectivity index (χ0) is 17.9. The highest BCUT2D eigenvalue weighted by atomic mass is 19.3. The summed E-state index contributed by atoms with van der Waals surface area (Å²) in [6.07, 6.45) is -3.57. The van der Waals surface area contributed by atoms with Crippen molar-refractivity contribution in [2.24, 2.45) is 5.92 Å². The molecule has 2 atom stereocenters. The lowest BCUT2D eigenvalue weighted by Crippen LogP contribution is -2.49. The molecule has 8 heteroatoms. The molecule has 1 saturated heterocycles. The number of carbonyl (C=O) groups excluding carboxylic acids is 2. The Bertz CT molecular complexity index is 595. The van der Waals surface area contributed by atoms with Gasteiger partial charge in [0.2, 0.25) is 11.8 Å². The molecule has 132 valence electrons. The van der Waals surface area contributed by atoms with Crippen LogP contribution < -0.4 is 5.32 Å². The summed E-state index contributed by atoms with van der Waals surface area (Å²) < 4.78 is 50.4. The molecule has 2 amide bonds. The molecule has 0 aliphatic carbocycles. The number of hydrogen-bond acceptors (Lipinski definition) is 2. The van der Waals surface area contributed by atoms with Crippen molar-refractivity contribution >= 4 is 11.8 Å². The van der Waals surface area contributed by atoms with Gasteiger partial charge in [-0.2, -0.15) is 8.78 Å². The van der Waals surface area contributed by atoms with E-state index in [0.717, 1.165) is 0 Å². The molecule has 1 aliphatic rings. The number of likely N-dealkylation sites (tertiary alicyclic amines) is 1. The summed E-state index contributed by atoms with van der Waals surface area (Å²) in [5.41, 5.74) is 0.689. The first-order valence-corrected chi connectivity index (χ1v) is 7.48. The van der Waals surface area contributed by atoms with Gasteiger partial charge in [0.1, 0.15) is 0 Å². The van der Waals surface area contributed by atoms with Crippen LogP contribution in [0.3, 0.4) is 0 Å². The second kappa shape index (κ2) is 7.19. The second-order valence-electron chi connectivity index (χ2n) is 5.78. The fourth-order valence-corrected chi connectivity index (χ4v) is 2.83. The molecule has 4 nitrogen and oxygen atoms in total. The fraction of sp³-hybridized carbons (Fsp3) is 0.500. The Morgan fingerprint density at radius 1 is 1.33 bits per heavy atom. The third-order valence-electron chi connectivity index (χ3n) is 4.16. The van der Waals surface area contributed by atoms with Crippen LogP contribution in [0.2, 0.25) is 0 Å². The zero-order valence-electron chi connectivity index (χ0n) is 13.0. The molecule has 1 aliphatic heterocycles. The van der Waals surface area contributed by atoms with E-state index in [9.17, 15) is 27.2 Å². The van der Waals surface area contributed by atoms with Gasteiger partial charge in [0.15, 0.2) is 0 Å². The first kappa shape index (κ1) is 18.2. The minimum atomic E-state index is -4.28. The smallest absolute Gasteiger partial charge is 0.324 e. The largest absolute Gasteiger partial charge is 0.349 e. The van der Waals surface area contributed by atoms with Crippen molar-refractivity contribution in [2.75, 3.05) is 13.6 Å². The Morgan fingerprint density at radius 2 is 1.96 bits per heavy atom. The number of amides is 2. The van der Waals surface area contributed by atoms with Crippen LogP contribution in [0.15, 0.2) is 30.3 Å². The van der Waals surface area contributed by atoms with Crippen molar-refractivity contribution in [3.63, 3.8) is 0 Å². The van der Waals surface area contributed by atoms with Crippen molar-refractivity contribution < 1.29 is 27.2 Å². The molecule has 0 unspecified atom stereocenters. The quantitative estimate of drug-likeness (QED) is 0.834. The summed E-state index contributed by atoms with van der Waals surface area (Å²) in [7, 11) is 1.53. The second-order valence-corrected chi connectivity index (χ2v) is 5.78. The highest BCUT2D eigenvalue weighted by molar-refractivity contribution is 5.84. The Labute approximate surface area is 136 Å². The average Bonchev–Trinajstić information content (AvgIpc) is 2.55. The van der Waals surface area contributed by atoms with Gasteiger partial charge in [-0.3, -0.25) is 9.59 Å². The van der Waals surface area contributed by atoms with Crippen LogP contribution in [-0.4, -0.2) is 42.7 Å². The number of piperidine rings is 1. The number of nitrogens with zero attached hydrogens (tertiary/aromatic N) is 1. The van der Waals surface area contributed by atoms with Crippen molar-refractivity contribution in [3.05, 3.63) is 35.9 Å². The van der Waals surface area contributed by atoms with Crippen LogP contribution in [0.1, 0.15) is 24.4 Å². The van der Waals surface area contributed by atoms with Crippen molar-refractivity contribution in [2.45, 2.75) is 31.2 Å². The van der Waals surface area contributed by atoms with E-state index in [2.05, 4.69) is 0 Å². The van der Waals surface area contributed by atoms with Crippen molar-refractivity contribution in [1.29, 1.82) is 0 Å². The molecule has 1 heterocycles. The van der Waals surface area contributed by atoms with Crippen molar-refractivity contribution in [1.82, 2.24) is 10.2 Å². The average molecular weight is 346 g/mol. The van der Waals surface area contributed by atoms with Crippen LogP contribution >= 0.6 is 0 Å². The van der Waals surface area contributed by atoms with Gasteiger partial charge in [-0.25, -0.2) is 8.78 Å². The van der Waals surface area contributed by atoms with Gasteiger partial charge in [0, 0.05) is 13.5 Å². The predicted molar refractivity (Wildman–Crippen MR) is 78.6 cm³/mol. The standard InChI is InChI=1S/C16H18F4N2O2/c1-22-12(23)8-7-11(13(22)10-5-3-2-4-6-10)14(24)21-9-16(19,20)15(17)18/h2-6,11,13,15H,7-9H2,1H3,(H,21,24)/t11-,13-/m1/s1. The maximum absolute atomic E-state index is 13.0. The highest BCUT2D eigenvalue weighted by Gasteiger charge is 2.43. The van der Waals surface area contributed by atoms with E-state index in [0.29, 0.717) is 5.56 Å². The van der Waals surface area contributed by atoms with E-state index in [1.807, 2.05) is 5.32 Å². The molecule has 0 saturated carbocycles. The molecule has 1 aromatic carbocycles. The molecular weight excluding hydrogens is 328 g/mol. The normalized spacial score (nSPS) is 21.9. The Balaban J connectivity index is 2.17. The SMILES string of the molecule is CN1C(=O)CC[C@@H](C(=O)NCC(F)(F)C(F)F)[C@H]1c1ccccc1. The van der Waals surface area contributed by atoms with Gasteiger partial charge in [-0.15, -0.1) is 0 Å². The van der Waals surface area contributed by atoms with Crippen LogP contribution in [0.4, 0.5) is 17.6 Å². The Kier molecular flexibility index (Phi) is 5.46.